The van der Waals surface area contributed by atoms with E-state index in [0.717, 1.165) is 17.7 Å². The van der Waals surface area contributed by atoms with Crippen molar-refractivity contribution in [3.8, 4) is 5.75 Å². The average molecular weight is 316 g/mol. The van der Waals surface area contributed by atoms with Gasteiger partial charge in [-0.05, 0) is 43.5 Å². The first-order valence-corrected chi connectivity index (χ1v) is 8.05. The standard InChI is InChI=1S/C17H22O2.C2H6.C2H4/c1-5-14(6-2)11-13(3)12-17(18)15-7-9-16(19-4)10-8-15;2*1-2/h5-10,13H,1,11-12H2,2-4H3;1-2H3;1-2H2/b14-6+;;. The number of methoxy groups -OCH3 is 1. The van der Waals surface area contributed by atoms with E-state index in [2.05, 4.69) is 26.7 Å². The van der Waals surface area contributed by atoms with Gasteiger partial charge >= 0.3 is 0 Å². The van der Waals surface area contributed by atoms with Crippen molar-refractivity contribution in [2.75, 3.05) is 7.11 Å². The fourth-order valence-corrected chi connectivity index (χ4v) is 2.00. The van der Waals surface area contributed by atoms with Crippen molar-refractivity contribution >= 4 is 5.78 Å². The highest BCUT2D eigenvalue weighted by atomic mass is 16.5. The van der Waals surface area contributed by atoms with Gasteiger partial charge in [-0.2, -0.15) is 0 Å². The molecule has 0 aliphatic rings. The molecule has 2 heteroatoms. The molecule has 23 heavy (non-hydrogen) atoms. The summed E-state index contributed by atoms with van der Waals surface area (Å²) in [5.41, 5.74) is 1.93. The Labute approximate surface area is 142 Å². The summed E-state index contributed by atoms with van der Waals surface area (Å²) in [5, 5.41) is 0. The molecule has 1 atom stereocenters. The number of rotatable bonds is 7. The van der Waals surface area contributed by atoms with Gasteiger partial charge in [-0.25, -0.2) is 0 Å². The van der Waals surface area contributed by atoms with E-state index in [1.54, 1.807) is 7.11 Å². The first kappa shape index (κ1) is 23.2. The molecule has 0 amide bonds. The predicted molar refractivity (Wildman–Crippen MR) is 102 cm³/mol. The number of carbonyl (C=O) groups excluding carboxylic acids is 1. The molecule has 0 spiro atoms. The van der Waals surface area contributed by atoms with Crippen LogP contribution in [0.3, 0.4) is 0 Å². The van der Waals surface area contributed by atoms with Crippen LogP contribution in [0, 0.1) is 5.92 Å². The smallest absolute Gasteiger partial charge is 0.163 e. The molecular weight excluding hydrogens is 284 g/mol. The van der Waals surface area contributed by atoms with Crippen LogP contribution in [0.25, 0.3) is 0 Å². The second-order valence-corrected chi connectivity index (χ2v) is 4.73. The zero-order valence-electron chi connectivity index (χ0n) is 15.4. The molecule has 1 rings (SSSR count). The summed E-state index contributed by atoms with van der Waals surface area (Å²) in [6.45, 7) is 17.9. The fourth-order valence-electron chi connectivity index (χ4n) is 2.00. The number of ketones is 1. The van der Waals surface area contributed by atoms with Crippen LogP contribution < -0.4 is 4.74 Å². The van der Waals surface area contributed by atoms with Crippen molar-refractivity contribution in [1.82, 2.24) is 0 Å². The van der Waals surface area contributed by atoms with Gasteiger partial charge in [0.2, 0.25) is 0 Å². The van der Waals surface area contributed by atoms with Crippen molar-refractivity contribution in [3.05, 3.63) is 67.3 Å². The average Bonchev–Trinajstić information content (AvgIpc) is 2.63. The third kappa shape index (κ3) is 9.51. The minimum absolute atomic E-state index is 0.176. The third-order valence-electron chi connectivity index (χ3n) is 3.16. The number of benzene rings is 1. The second-order valence-electron chi connectivity index (χ2n) is 4.73. The molecule has 0 aliphatic heterocycles. The summed E-state index contributed by atoms with van der Waals surface area (Å²) >= 11 is 0. The SMILES string of the molecule is C=C.C=C/C(=C\C)CC(C)CC(=O)c1ccc(OC)cc1.CC. The number of hydrogen-bond acceptors (Lipinski definition) is 2. The van der Waals surface area contributed by atoms with E-state index in [1.165, 1.54) is 5.57 Å². The monoisotopic (exact) mass is 316 g/mol. The first-order valence-electron chi connectivity index (χ1n) is 8.05. The van der Waals surface area contributed by atoms with Gasteiger partial charge < -0.3 is 4.74 Å². The molecule has 0 heterocycles. The van der Waals surface area contributed by atoms with Crippen LogP contribution in [-0.2, 0) is 0 Å². The number of allylic oxidation sites excluding steroid dienone is 3. The second kappa shape index (κ2) is 14.8. The molecule has 1 unspecified atom stereocenters. The summed E-state index contributed by atoms with van der Waals surface area (Å²) in [6.07, 6.45) is 5.34. The number of Topliss-reactive ketones (excluding diaryl/α,β-unsaturated/α-hetero) is 1. The summed E-state index contributed by atoms with van der Waals surface area (Å²) in [7, 11) is 1.62. The Hall–Kier alpha value is -2.09. The Morgan fingerprint density at radius 2 is 1.70 bits per heavy atom. The Balaban J connectivity index is 0. The molecule has 0 bridgehead atoms. The van der Waals surface area contributed by atoms with Crippen LogP contribution in [0.4, 0.5) is 0 Å². The number of carbonyl (C=O) groups is 1. The van der Waals surface area contributed by atoms with Gasteiger partial charge in [0.25, 0.3) is 0 Å². The van der Waals surface area contributed by atoms with Crippen LogP contribution in [0.1, 0.15) is 50.9 Å². The number of hydrogen-bond donors (Lipinski definition) is 0. The zero-order chi connectivity index (χ0) is 18.3. The largest absolute Gasteiger partial charge is 0.497 e. The molecule has 0 N–H and O–H groups in total. The molecule has 0 fully saturated rings. The summed E-state index contributed by atoms with van der Waals surface area (Å²) in [6, 6.07) is 7.27. The lowest BCUT2D eigenvalue weighted by atomic mass is 9.93. The van der Waals surface area contributed by atoms with E-state index in [4.69, 9.17) is 4.74 Å². The predicted octanol–water partition coefficient (Wildman–Crippen LogP) is 6.25. The summed E-state index contributed by atoms with van der Waals surface area (Å²) in [4.78, 5) is 12.1. The molecule has 0 saturated carbocycles. The molecule has 2 nitrogen and oxygen atoms in total. The van der Waals surface area contributed by atoms with Crippen molar-refractivity contribution in [2.45, 2.75) is 40.5 Å². The van der Waals surface area contributed by atoms with Gasteiger partial charge in [0.1, 0.15) is 5.75 Å². The minimum atomic E-state index is 0.176. The van der Waals surface area contributed by atoms with Gasteiger partial charge in [-0.1, -0.05) is 45.1 Å². The minimum Gasteiger partial charge on any atom is -0.497 e. The van der Waals surface area contributed by atoms with E-state index in [1.807, 2.05) is 57.2 Å². The molecular formula is C21H32O2. The van der Waals surface area contributed by atoms with Gasteiger partial charge in [0.15, 0.2) is 5.78 Å². The highest BCUT2D eigenvalue weighted by Gasteiger charge is 2.12. The van der Waals surface area contributed by atoms with E-state index in [0.29, 0.717) is 12.3 Å². The van der Waals surface area contributed by atoms with E-state index < -0.39 is 0 Å². The van der Waals surface area contributed by atoms with Crippen LogP contribution in [-0.4, -0.2) is 12.9 Å². The van der Waals surface area contributed by atoms with Crippen molar-refractivity contribution < 1.29 is 9.53 Å². The van der Waals surface area contributed by atoms with Crippen LogP contribution in [0.15, 0.2) is 61.7 Å². The lowest BCUT2D eigenvalue weighted by Gasteiger charge is -2.11. The molecule has 0 aliphatic carbocycles. The zero-order valence-corrected chi connectivity index (χ0v) is 15.4. The van der Waals surface area contributed by atoms with Crippen molar-refractivity contribution in [3.63, 3.8) is 0 Å². The molecule has 0 saturated heterocycles. The molecule has 1 aromatic carbocycles. The summed E-state index contributed by atoms with van der Waals surface area (Å²) < 4.78 is 5.08. The quantitative estimate of drug-likeness (QED) is 0.337. The van der Waals surface area contributed by atoms with Crippen LogP contribution in [0.5, 0.6) is 5.75 Å². The lowest BCUT2D eigenvalue weighted by Crippen LogP contribution is -2.06. The Morgan fingerprint density at radius 3 is 2.09 bits per heavy atom. The van der Waals surface area contributed by atoms with Gasteiger partial charge in [-0.15, -0.1) is 13.2 Å². The third-order valence-corrected chi connectivity index (χ3v) is 3.16. The maximum absolute atomic E-state index is 12.1. The number of ether oxygens (including phenoxy) is 1. The van der Waals surface area contributed by atoms with Crippen LogP contribution in [0.2, 0.25) is 0 Å². The Kier molecular flexibility index (Phi) is 14.9. The maximum Gasteiger partial charge on any atom is 0.163 e. The normalized spacial score (nSPS) is 11.1. The molecule has 128 valence electrons. The van der Waals surface area contributed by atoms with E-state index >= 15 is 0 Å². The molecule has 0 aromatic heterocycles. The fraction of sp³-hybridized carbons (Fsp3) is 0.381. The molecule has 1 aromatic rings. The van der Waals surface area contributed by atoms with Gasteiger partial charge in [0.05, 0.1) is 7.11 Å². The maximum atomic E-state index is 12.1. The van der Waals surface area contributed by atoms with E-state index in [9.17, 15) is 4.79 Å². The van der Waals surface area contributed by atoms with Crippen LogP contribution >= 0.6 is 0 Å². The Bertz CT molecular complexity index is 469. The van der Waals surface area contributed by atoms with Crippen molar-refractivity contribution in [2.24, 2.45) is 5.92 Å². The van der Waals surface area contributed by atoms with Gasteiger partial charge in [0, 0.05) is 12.0 Å². The van der Waals surface area contributed by atoms with E-state index in [-0.39, 0.29) is 5.78 Å². The Morgan fingerprint density at radius 1 is 1.17 bits per heavy atom. The summed E-state index contributed by atoms with van der Waals surface area (Å²) in [5.74, 6) is 1.26. The molecule has 0 radical (unpaired) electrons. The van der Waals surface area contributed by atoms with Crippen molar-refractivity contribution in [1.29, 1.82) is 0 Å². The first-order chi connectivity index (χ1) is 11.1. The topological polar surface area (TPSA) is 26.3 Å². The lowest BCUT2D eigenvalue weighted by molar-refractivity contribution is 0.0964. The van der Waals surface area contributed by atoms with Gasteiger partial charge in [-0.3, -0.25) is 4.79 Å². The highest BCUT2D eigenvalue weighted by molar-refractivity contribution is 5.96. The highest BCUT2D eigenvalue weighted by Crippen LogP contribution is 2.19.